The minimum absolute atomic E-state index is 0.262. The van der Waals surface area contributed by atoms with Crippen molar-refractivity contribution in [2.24, 2.45) is 0 Å². The Morgan fingerprint density at radius 1 is 1.23 bits per heavy atom. The second-order valence-corrected chi connectivity index (χ2v) is 7.73. The predicted molar refractivity (Wildman–Crippen MR) is 100 cm³/mol. The van der Waals surface area contributed by atoms with Gasteiger partial charge in [-0.05, 0) is 53.8 Å². The standard InChI is InChI=1S/C21H23ClFN2O/c1-25(2,15-22)11-3-10-21(18-5-7-19(23)8-6-18)20-9-4-16(13-24)12-17(20)14-26-21/h4-9,12H,3,10-11,14-15H2,1-2H3/q+1. The Balaban J connectivity index is 1.97. The van der Waals surface area contributed by atoms with Crippen LogP contribution in [-0.2, 0) is 16.9 Å². The summed E-state index contributed by atoms with van der Waals surface area (Å²) >= 11 is 6.04. The summed E-state index contributed by atoms with van der Waals surface area (Å²) in [5.41, 5.74) is 3.06. The van der Waals surface area contributed by atoms with Gasteiger partial charge in [0.25, 0.3) is 0 Å². The van der Waals surface area contributed by atoms with Crippen molar-refractivity contribution in [3.63, 3.8) is 0 Å². The fraction of sp³-hybridized carbons (Fsp3) is 0.381. The van der Waals surface area contributed by atoms with Gasteiger partial charge in [-0.15, -0.1) is 0 Å². The first kappa shape index (κ1) is 18.8. The molecule has 0 aromatic heterocycles. The Labute approximate surface area is 159 Å². The molecule has 3 rings (SSSR count). The molecule has 0 aliphatic carbocycles. The third kappa shape index (κ3) is 3.61. The van der Waals surface area contributed by atoms with Crippen LogP contribution in [0.15, 0.2) is 42.5 Å². The molecular weight excluding hydrogens is 351 g/mol. The van der Waals surface area contributed by atoms with E-state index < -0.39 is 5.60 Å². The lowest BCUT2D eigenvalue weighted by atomic mass is 9.81. The molecular formula is C21H23ClFN2O+. The normalized spacial score (nSPS) is 19.2. The zero-order valence-electron chi connectivity index (χ0n) is 15.1. The van der Waals surface area contributed by atoms with E-state index in [2.05, 4.69) is 20.2 Å². The summed E-state index contributed by atoms with van der Waals surface area (Å²) in [5, 5.41) is 9.16. The molecule has 2 aromatic rings. The van der Waals surface area contributed by atoms with Gasteiger partial charge in [-0.25, -0.2) is 4.39 Å². The molecule has 1 heterocycles. The van der Waals surface area contributed by atoms with Gasteiger partial charge in [0.15, 0.2) is 6.00 Å². The quantitative estimate of drug-likeness (QED) is 0.423. The van der Waals surface area contributed by atoms with Crippen molar-refractivity contribution in [2.45, 2.75) is 25.0 Å². The van der Waals surface area contributed by atoms with Crippen LogP contribution in [0.5, 0.6) is 0 Å². The number of rotatable bonds is 6. The van der Waals surface area contributed by atoms with Crippen molar-refractivity contribution < 1.29 is 13.6 Å². The fourth-order valence-corrected chi connectivity index (χ4v) is 3.70. The Morgan fingerprint density at radius 3 is 2.62 bits per heavy atom. The van der Waals surface area contributed by atoms with E-state index in [-0.39, 0.29) is 5.82 Å². The molecule has 0 amide bonds. The fourth-order valence-electron chi connectivity index (χ4n) is 3.58. The zero-order chi connectivity index (χ0) is 18.8. The monoisotopic (exact) mass is 373 g/mol. The van der Waals surface area contributed by atoms with Crippen LogP contribution in [-0.4, -0.2) is 31.1 Å². The minimum atomic E-state index is -0.608. The van der Waals surface area contributed by atoms with E-state index in [4.69, 9.17) is 21.6 Å². The topological polar surface area (TPSA) is 33.0 Å². The molecule has 3 nitrogen and oxygen atoms in total. The minimum Gasteiger partial charge on any atom is -0.361 e. The molecule has 0 saturated carbocycles. The number of alkyl halides is 1. The number of nitriles is 1. The molecule has 0 bridgehead atoms. The second-order valence-electron chi connectivity index (χ2n) is 7.49. The number of benzene rings is 2. The highest BCUT2D eigenvalue weighted by molar-refractivity contribution is 6.16. The number of nitrogens with zero attached hydrogens (tertiary/aromatic N) is 2. The smallest absolute Gasteiger partial charge is 0.154 e. The molecule has 0 radical (unpaired) electrons. The Kier molecular flexibility index (Phi) is 5.34. The van der Waals surface area contributed by atoms with Crippen LogP contribution in [0.4, 0.5) is 4.39 Å². The number of fused-ring (bicyclic) bond motifs is 1. The Bertz CT molecular complexity index is 829. The maximum absolute atomic E-state index is 13.5. The summed E-state index contributed by atoms with van der Waals surface area (Å²) in [5.74, 6) is -0.262. The van der Waals surface area contributed by atoms with Gasteiger partial charge in [-0.1, -0.05) is 29.8 Å². The molecule has 1 unspecified atom stereocenters. The van der Waals surface area contributed by atoms with Crippen molar-refractivity contribution in [1.29, 1.82) is 5.26 Å². The molecule has 0 spiro atoms. The summed E-state index contributed by atoms with van der Waals surface area (Å²) in [6.07, 6.45) is 1.69. The number of halogens is 2. The molecule has 26 heavy (non-hydrogen) atoms. The van der Waals surface area contributed by atoms with Crippen LogP contribution in [0, 0.1) is 17.1 Å². The molecule has 1 atom stereocenters. The third-order valence-corrected chi connectivity index (χ3v) is 5.72. The average molecular weight is 374 g/mol. The second kappa shape index (κ2) is 7.36. The van der Waals surface area contributed by atoms with Crippen molar-refractivity contribution in [3.05, 3.63) is 70.5 Å². The Morgan fingerprint density at radius 2 is 1.96 bits per heavy atom. The van der Waals surface area contributed by atoms with Gasteiger partial charge in [0, 0.05) is 0 Å². The van der Waals surface area contributed by atoms with E-state index in [1.807, 2.05) is 18.2 Å². The highest BCUT2D eigenvalue weighted by Gasteiger charge is 2.41. The van der Waals surface area contributed by atoms with Gasteiger partial charge in [0.1, 0.15) is 11.4 Å². The highest BCUT2D eigenvalue weighted by atomic mass is 35.5. The van der Waals surface area contributed by atoms with Crippen LogP contribution in [0.25, 0.3) is 0 Å². The van der Waals surface area contributed by atoms with Gasteiger partial charge in [-0.3, -0.25) is 0 Å². The molecule has 1 aliphatic heterocycles. The maximum atomic E-state index is 13.5. The van der Waals surface area contributed by atoms with E-state index in [0.29, 0.717) is 18.2 Å². The third-order valence-electron chi connectivity index (χ3n) is 5.07. The van der Waals surface area contributed by atoms with Crippen LogP contribution < -0.4 is 0 Å². The molecule has 136 valence electrons. The van der Waals surface area contributed by atoms with Crippen molar-refractivity contribution in [2.75, 3.05) is 26.6 Å². The molecule has 0 fully saturated rings. The van der Waals surface area contributed by atoms with Crippen molar-refractivity contribution >= 4 is 11.6 Å². The first-order valence-corrected chi connectivity index (χ1v) is 9.25. The summed E-state index contributed by atoms with van der Waals surface area (Å²) < 4.78 is 20.5. The van der Waals surface area contributed by atoms with E-state index in [1.54, 1.807) is 12.1 Å². The van der Waals surface area contributed by atoms with E-state index in [9.17, 15) is 4.39 Å². The number of quaternary nitrogens is 1. The first-order valence-electron chi connectivity index (χ1n) is 8.72. The largest absolute Gasteiger partial charge is 0.361 e. The molecule has 5 heteroatoms. The van der Waals surface area contributed by atoms with Crippen molar-refractivity contribution in [1.82, 2.24) is 0 Å². The summed E-state index contributed by atoms with van der Waals surface area (Å²) in [4.78, 5) is 0. The van der Waals surface area contributed by atoms with Crippen molar-refractivity contribution in [3.8, 4) is 6.07 Å². The lowest BCUT2D eigenvalue weighted by molar-refractivity contribution is -0.879. The van der Waals surface area contributed by atoms with Gasteiger partial charge < -0.3 is 9.22 Å². The SMILES string of the molecule is C[N+](C)(CCl)CCCC1(c2ccc(F)cc2)OCc2cc(C#N)ccc21. The van der Waals surface area contributed by atoms with E-state index in [1.165, 1.54) is 12.1 Å². The van der Waals surface area contributed by atoms with Gasteiger partial charge >= 0.3 is 0 Å². The van der Waals surface area contributed by atoms with Gasteiger partial charge in [-0.2, -0.15) is 5.26 Å². The first-order chi connectivity index (χ1) is 12.4. The molecule has 0 N–H and O–H groups in total. The summed E-state index contributed by atoms with van der Waals surface area (Å²) in [7, 11) is 4.19. The lowest BCUT2D eigenvalue weighted by Gasteiger charge is -2.33. The Hall–Kier alpha value is -1.93. The number of hydrogen-bond donors (Lipinski definition) is 0. The van der Waals surface area contributed by atoms with Crippen LogP contribution in [0.2, 0.25) is 0 Å². The maximum Gasteiger partial charge on any atom is 0.154 e. The molecule has 1 aliphatic rings. The van der Waals surface area contributed by atoms with E-state index in [0.717, 1.165) is 40.6 Å². The highest BCUT2D eigenvalue weighted by Crippen LogP contribution is 2.45. The number of ether oxygens (including phenoxy) is 1. The predicted octanol–water partition coefficient (Wildman–Crippen LogP) is 4.52. The van der Waals surface area contributed by atoms with Gasteiger partial charge in [0.05, 0.1) is 38.9 Å². The molecule has 0 saturated heterocycles. The summed E-state index contributed by atoms with van der Waals surface area (Å²) in [6.45, 7) is 1.37. The van der Waals surface area contributed by atoms with E-state index >= 15 is 0 Å². The zero-order valence-corrected chi connectivity index (χ0v) is 15.9. The average Bonchev–Trinajstić information content (AvgIpc) is 3.01. The lowest BCUT2D eigenvalue weighted by Crippen LogP contribution is -2.40. The van der Waals surface area contributed by atoms with Crippen LogP contribution in [0.1, 0.15) is 35.1 Å². The molecule has 2 aromatic carbocycles. The van der Waals surface area contributed by atoms with Gasteiger partial charge in [0.2, 0.25) is 0 Å². The number of hydrogen-bond acceptors (Lipinski definition) is 2. The van der Waals surface area contributed by atoms with Crippen LogP contribution >= 0.6 is 11.6 Å². The summed E-state index contributed by atoms with van der Waals surface area (Å²) in [6, 6.07) is 15.0. The van der Waals surface area contributed by atoms with Crippen LogP contribution in [0.3, 0.4) is 0 Å².